The summed E-state index contributed by atoms with van der Waals surface area (Å²) in [6, 6.07) is 0.0712. The third-order valence-corrected chi connectivity index (χ3v) is 2.26. The maximum absolute atomic E-state index is 11.3. The Hall–Kier alpha value is -0.280. The lowest BCUT2D eigenvalue weighted by Gasteiger charge is -2.13. The van der Waals surface area contributed by atoms with Crippen molar-refractivity contribution in [2.24, 2.45) is 0 Å². The van der Waals surface area contributed by atoms with Crippen molar-refractivity contribution >= 4 is 20.6 Å². The first-order valence-corrected chi connectivity index (χ1v) is 5.10. The highest BCUT2D eigenvalue weighted by molar-refractivity contribution is 7.08. The Labute approximate surface area is 82.7 Å². The quantitative estimate of drug-likeness (QED) is 0.353. The highest BCUT2D eigenvalue weighted by atomic mass is 16.1. The van der Waals surface area contributed by atoms with E-state index in [0.29, 0.717) is 12.9 Å². The average molecular weight is 182 g/mol. The first kappa shape index (κ1) is 12.7. The van der Waals surface area contributed by atoms with Crippen LogP contribution >= 0.6 is 0 Å². The molecule has 0 aromatic heterocycles. The molecule has 3 nitrogen and oxygen atoms in total. The molecule has 0 saturated heterocycles. The molecule has 13 heavy (non-hydrogen) atoms. The lowest BCUT2D eigenvalue weighted by molar-refractivity contribution is -0.113. The topological polar surface area (TPSA) is 41.1 Å². The molecule has 0 aromatic carbocycles. The molecule has 0 unspecified atom stereocenters. The summed E-state index contributed by atoms with van der Waals surface area (Å²) in [5, 5.41) is 6.16. The van der Waals surface area contributed by atoms with Gasteiger partial charge in [-0.05, 0) is 33.5 Å². The summed E-state index contributed by atoms with van der Waals surface area (Å²) in [4.78, 5) is 11.3. The van der Waals surface area contributed by atoms with Gasteiger partial charge in [-0.25, -0.2) is 0 Å². The van der Waals surface area contributed by atoms with E-state index in [-0.39, 0.29) is 6.04 Å². The Morgan fingerprint density at radius 1 is 1.46 bits per heavy atom. The molecule has 1 atom stereocenters. The molecule has 0 fully saturated rings. The van der Waals surface area contributed by atoms with Gasteiger partial charge in [-0.15, -0.1) is 0 Å². The van der Waals surface area contributed by atoms with Crippen LogP contribution in [0.15, 0.2) is 0 Å². The van der Waals surface area contributed by atoms with Crippen LogP contribution < -0.4 is 10.6 Å². The van der Waals surface area contributed by atoms with Crippen molar-refractivity contribution in [1.82, 2.24) is 10.6 Å². The van der Waals surface area contributed by atoms with Crippen molar-refractivity contribution < 1.29 is 4.79 Å². The molecule has 5 heteroatoms. The van der Waals surface area contributed by atoms with Gasteiger partial charge in [0.2, 0.25) is 0 Å². The maximum Gasteiger partial charge on any atom is 0.167 e. The molecule has 0 aliphatic heterocycles. The fourth-order valence-electron chi connectivity index (χ4n) is 1.36. The number of rotatable bonds is 8. The molecule has 0 rings (SSSR count). The molecule has 0 spiro atoms. The lowest BCUT2D eigenvalue weighted by Crippen LogP contribution is -2.37. The van der Waals surface area contributed by atoms with Crippen molar-refractivity contribution in [2.75, 3.05) is 20.6 Å². The van der Waals surface area contributed by atoms with Gasteiger partial charge in [0.1, 0.15) is 0 Å². The molecule has 0 bridgehead atoms. The highest BCUT2D eigenvalue weighted by Crippen LogP contribution is 2.00. The third-order valence-electron chi connectivity index (χ3n) is 2.26. The minimum atomic E-state index is 0.0712. The number of carbonyl (C=O) groups is 1. The normalized spacial score (nSPS) is 12.5. The second kappa shape index (κ2) is 8.32. The molecule has 0 aromatic rings. The predicted molar refractivity (Wildman–Crippen MR) is 61.3 cm³/mol. The van der Waals surface area contributed by atoms with Crippen molar-refractivity contribution in [3.05, 3.63) is 0 Å². The number of nitrogens with one attached hydrogen (secondary N) is 2. The predicted octanol–water partition coefficient (Wildman–Crippen LogP) is -1.52. The van der Waals surface area contributed by atoms with Crippen molar-refractivity contribution in [2.45, 2.75) is 25.3 Å². The van der Waals surface area contributed by atoms with Crippen LogP contribution in [-0.2, 0) is 4.79 Å². The smallest absolute Gasteiger partial charge is 0.167 e. The van der Waals surface area contributed by atoms with Crippen molar-refractivity contribution in [3.63, 3.8) is 0 Å². The monoisotopic (exact) mass is 182 g/mol. The van der Waals surface area contributed by atoms with Crippen molar-refractivity contribution in [1.29, 1.82) is 0 Å². The Kier molecular flexibility index (Phi) is 8.14. The molecule has 0 heterocycles. The van der Waals surface area contributed by atoms with Crippen LogP contribution in [0.5, 0.6) is 0 Å². The lowest BCUT2D eigenvalue weighted by atomic mass is 9.51. The largest absolute Gasteiger partial charge is 0.320 e. The molecule has 0 saturated carbocycles. The standard InChI is InChI=1S/C8H20B2N2O/c1-11-6-4-3-5-7(12-2)8(13)10-9/h7,10-12H,3-6,9H2,1-2H3/t7-/m0/s1. The Morgan fingerprint density at radius 2 is 2.15 bits per heavy atom. The number of hydrogen-bond donors (Lipinski definition) is 2. The average Bonchev–Trinajstić information content (AvgIpc) is 2.17. The van der Waals surface area contributed by atoms with Crippen LogP contribution in [-0.4, -0.2) is 47.3 Å². The highest BCUT2D eigenvalue weighted by Gasteiger charge is 2.12. The van der Waals surface area contributed by atoms with E-state index in [1.165, 1.54) is 0 Å². The zero-order valence-corrected chi connectivity index (χ0v) is 9.02. The summed E-state index contributed by atoms with van der Waals surface area (Å²) < 4.78 is 0. The Balaban J connectivity index is 3.53. The second-order valence-corrected chi connectivity index (χ2v) is 3.26. The zero-order chi connectivity index (χ0) is 10.1. The summed E-state index contributed by atoms with van der Waals surface area (Å²) in [6.07, 6.45) is 3.22. The van der Waals surface area contributed by atoms with Gasteiger partial charge < -0.3 is 15.4 Å². The molecule has 0 radical (unpaired) electrons. The van der Waals surface area contributed by atoms with Crippen LogP contribution in [0.1, 0.15) is 19.3 Å². The van der Waals surface area contributed by atoms with E-state index in [0.717, 1.165) is 25.8 Å². The van der Waals surface area contributed by atoms with E-state index < -0.39 is 0 Å². The molecule has 74 valence electrons. The van der Waals surface area contributed by atoms with E-state index in [2.05, 4.69) is 10.6 Å². The second-order valence-electron chi connectivity index (χ2n) is 3.26. The summed E-state index contributed by atoms with van der Waals surface area (Å²) in [5.41, 5.74) is 0.326. The Morgan fingerprint density at radius 3 is 2.62 bits per heavy atom. The summed E-state index contributed by atoms with van der Waals surface area (Å²) >= 11 is 0. The van der Waals surface area contributed by atoms with Crippen LogP contribution in [0.4, 0.5) is 0 Å². The summed E-state index contributed by atoms with van der Waals surface area (Å²) in [7, 11) is 6.36. The molecular formula is C8H20B2N2O. The van der Waals surface area contributed by atoms with E-state index in [4.69, 9.17) is 0 Å². The van der Waals surface area contributed by atoms with Gasteiger partial charge in [-0.3, -0.25) is 0 Å². The first-order chi connectivity index (χ1) is 6.26. The number of carbonyl (C=O) groups excluding carboxylic acids is 1. The van der Waals surface area contributed by atoms with Gasteiger partial charge in [0.25, 0.3) is 0 Å². The van der Waals surface area contributed by atoms with Gasteiger partial charge >= 0.3 is 0 Å². The van der Waals surface area contributed by atoms with E-state index in [9.17, 15) is 4.79 Å². The fraction of sp³-hybridized carbons (Fsp3) is 0.875. The van der Waals surface area contributed by atoms with Gasteiger partial charge in [0.15, 0.2) is 7.17 Å². The number of likely N-dealkylation sites (N-methyl/N-ethyl adjacent to an activating group) is 1. The van der Waals surface area contributed by atoms with Gasteiger partial charge in [-0.1, -0.05) is 6.42 Å². The molecule has 0 aliphatic carbocycles. The minimum absolute atomic E-state index is 0.0712. The number of hydrogen-bond acceptors (Lipinski definition) is 3. The van der Waals surface area contributed by atoms with Crippen LogP contribution in [0, 0.1) is 0 Å². The van der Waals surface area contributed by atoms with Crippen LogP contribution in [0.25, 0.3) is 0 Å². The van der Waals surface area contributed by atoms with Gasteiger partial charge in [0.05, 0.1) is 19.5 Å². The Bertz CT molecular complexity index is 144. The van der Waals surface area contributed by atoms with Gasteiger partial charge in [-0.2, -0.15) is 0 Å². The fourth-order valence-corrected chi connectivity index (χ4v) is 1.36. The zero-order valence-electron chi connectivity index (χ0n) is 9.02. The van der Waals surface area contributed by atoms with Crippen LogP contribution in [0.2, 0.25) is 0 Å². The molecule has 0 aliphatic rings. The molecule has 0 amide bonds. The van der Waals surface area contributed by atoms with E-state index in [1.807, 2.05) is 21.8 Å². The number of unbranched alkanes of at least 4 members (excludes halogenated alkanes) is 1. The van der Waals surface area contributed by atoms with Crippen LogP contribution in [0.3, 0.4) is 0 Å². The van der Waals surface area contributed by atoms with Crippen molar-refractivity contribution in [3.8, 4) is 0 Å². The molecule has 2 N–H and O–H groups in total. The first-order valence-electron chi connectivity index (χ1n) is 5.10. The summed E-state index contributed by atoms with van der Waals surface area (Å²) in [5.74, 6) is 0. The third kappa shape index (κ3) is 5.88. The maximum atomic E-state index is 11.3. The summed E-state index contributed by atoms with van der Waals surface area (Å²) in [6.45, 7) is 1.04. The molecular weight excluding hydrogens is 162 g/mol. The van der Waals surface area contributed by atoms with E-state index >= 15 is 0 Å². The SMILES string of the molecule is BBC(=O)[C@H](CCCCNC)NC. The minimum Gasteiger partial charge on any atom is -0.320 e. The van der Waals surface area contributed by atoms with E-state index in [1.54, 1.807) is 0 Å². The van der Waals surface area contributed by atoms with Gasteiger partial charge in [0, 0.05) is 0 Å².